The molecule has 0 aliphatic rings. The fraction of sp³-hybridized carbons (Fsp3) is 0.267. The molecule has 0 spiro atoms. The van der Waals surface area contributed by atoms with Gasteiger partial charge >= 0.3 is 0 Å². The van der Waals surface area contributed by atoms with Gasteiger partial charge in [0.15, 0.2) is 0 Å². The summed E-state index contributed by atoms with van der Waals surface area (Å²) in [5.74, 6) is 1.23. The monoisotopic (exact) mass is 321 g/mol. The van der Waals surface area contributed by atoms with Gasteiger partial charge in [-0.15, -0.1) is 0 Å². The molecular weight excluding hydrogens is 306 g/mol. The SMILES string of the molecule is Cc1cc(Oc2cc(C(C)O)ccn2)cc(C)c1Br. The Morgan fingerprint density at radius 1 is 1.21 bits per heavy atom. The van der Waals surface area contributed by atoms with Crippen molar-refractivity contribution in [2.45, 2.75) is 26.9 Å². The minimum absolute atomic E-state index is 0.486. The van der Waals surface area contributed by atoms with Gasteiger partial charge in [0.25, 0.3) is 0 Å². The van der Waals surface area contributed by atoms with Crippen molar-refractivity contribution in [3.05, 3.63) is 51.6 Å². The van der Waals surface area contributed by atoms with Crippen LogP contribution in [-0.4, -0.2) is 10.1 Å². The lowest BCUT2D eigenvalue weighted by molar-refractivity contribution is 0.198. The summed E-state index contributed by atoms with van der Waals surface area (Å²) < 4.78 is 6.83. The number of ether oxygens (including phenoxy) is 1. The largest absolute Gasteiger partial charge is 0.439 e. The number of aliphatic hydroxyl groups excluding tert-OH is 1. The van der Waals surface area contributed by atoms with E-state index in [1.165, 1.54) is 0 Å². The first kappa shape index (κ1) is 14.0. The van der Waals surface area contributed by atoms with E-state index in [9.17, 15) is 5.11 Å². The van der Waals surface area contributed by atoms with E-state index in [1.807, 2.05) is 26.0 Å². The molecule has 0 aliphatic carbocycles. The van der Waals surface area contributed by atoms with E-state index in [2.05, 4.69) is 20.9 Å². The molecule has 100 valence electrons. The maximum atomic E-state index is 9.55. The van der Waals surface area contributed by atoms with Crippen LogP contribution in [0.15, 0.2) is 34.9 Å². The van der Waals surface area contributed by atoms with Gasteiger partial charge < -0.3 is 9.84 Å². The summed E-state index contributed by atoms with van der Waals surface area (Å²) >= 11 is 3.53. The number of hydrogen-bond acceptors (Lipinski definition) is 3. The van der Waals surface area contributed by atoms with Crippen LogP contribution >= 0.6 is 15.9 Å². The van der Waals surface area contributed by atoms with Crippen LogP contribution in [0.1, 0.15) is 29.7 Å². The molecule has 0 saturated heterocycles. The normalized spacial score (nSPS) is 12.3. The van der Waals surface area contributed by atoms with Crippen LogP contribution in [0.4, 0.5) is 0 Å². The van der Waals surface area contributed by atoms with Crippen molar-refractivity contribution >= 4 is 15.9 Å². The molecule has 1 N–H and O–H groups in total. The Morgan fingerprint density at radius 2 is 1.84 bits per heavy atom. The van der Waals surface area contributed by atoms with Crippen LogP contribution in [0.2, 0.25) is 0 Å². The number of aryl methyl sites for hydroxylation is 2. The predicted molar refractivity (Wildman–Crippen MR) is 78.6 cm³/mol. The molecule has 1 unspecified atom stereocenters. The minimum atomic E-state index is -0.529. The Labute approximate surface area is 121 Å². The quantitative estimate of drug-likeness (QED) is 0.916. The lowest BCUT2D eigenvalue weighted by Crippen LogP contribution is -1.95. The molecule has 2 rings (SSSR count). The molecule has 0 bridgehead atoms. The van der Waals surface area contributed by atoms with E-state index >= 15 is 0 Å². The lowest BCUT2D eigenvalue weighted by atomic mass is 10.1. The summed E-state index contributed by atoms with van der Waals surface area (Å²) in [6, 6.07) is 7.43. The van der Waals surface area contributed by atoms with Crippen LogP contribution in [0.25, 0.3) is 0 Å². The molecule has 0 aliphatic heterocycles. The number of nitrogens with zero attached hydrogens (tertiary/aromatic N) is 1. The standard InChI is InChI=1S/C15H16BrNO2/c1-9-6-13(7-10(2)15(9)16)19-14-8-12(11(3)18)4-5-17-14/h4-8,11,18H,1-3H3. The van der Waals surface area contributed by atoms with Crippen LogP contribution in [-0.2, 0) is 0 Å². The Bertz CT molecular complexity index is 573. The van der Waals surface area contributed by atoms with E-state index in [-0.39, 0.29) is 0 Å². The van der Waals surface area contributed by atoms with Crippen molar-refractivity contribution in [1.29, 1.82) is 0 Å². The topological polar surface area (TPSA) is 42.4 Å². The van der Waals surface area contributed by atoms with Gasteiger partial charge in [-0.25, -0.2) is 4.98 Å². The second kappa shape index (κ2) is 5.72. The average molecular weight is 322 g/mol. The fourth-order valence-corrected chi connectivity index (χ4v) is 2.06. The second-order valence-electron chi connectivity index (χ2n) is 4.58. The number of aliphatic hydroxyl groups is 1. The summed E-state index contributed by atoms with van der Waals surface area (Å²) in [4.78, 5) is 4.15. The van der Waals surface area contributed by atoms with Gasteiger partial charge in [-0.1, -0.05) is 15.9 Å². The van der Waals surface area contributed by atoms with E-state index in [1.54, 1.807) is 25.3 Å². The second-order valence-corrected chi connectivity index (χ2v) is 5.37. The zero-order chi connectivity index (χ0) is 14.0. The van der Waals surface area contributed by atoms with E-state index in [0.29, 0.717) is 5.88 Å². The molecular formula is C15H16BrNO2. The van der Waals surface area contributed by atoms with Crippen LogP contribution < -0.4 is 4.74 Å². The molecule has 0 amide bonds. The third kappa shape index (κ3) is 3.33. The Balaban J connectivity index is 2.28. The third-order valence-electron chi connectivity index (χ3n) is 2.87. The van der Waals surface area contributed by atoms with Crippen molar-refractivity contribution in [2.24, 2.45) is 0 Å². The van der Waals surface area contributed by atoms with E-state index in [0.717, 1.165) is 26.9 Å². The van der Waals surface area contributed by atoms with Gasteiger partial charge in [0.1, 0.15) is 5.75 Å². The Kier molecular flexibility index (Phi) is 4.22. The fourth-order valence-electron chi connectivity index (χ4n) is 1.83. The zero-order valence-corrected chi connectivity index (χ0v) is 12.7. The first-order valence-electron chi connectivity index (χ1n) is 6.06. The molecule has 1 atom stereocenters. The Hall–Kier alpha value is -1.39. The van der Waals surface area contributed by atoms with Crippen LogP contribution in [0.5, 0.6) is 11.6 Å². The highest BCUT2D eigenvalue weighted by Crippen LogP contribution is 2.29. The first-order chi connectivity index (χ1) is 8.97. The van der Waals surface area contributed by atoms with Crippen molar-refractivity contribution in [2.75, 3.05) is 0 Å². The van der Waals surface area contributed by atoms with Crippen LogP contribution in [0.3, 0.4) is 0 Å². The lowest BCUT2D eigenvalue weighted by Gasteiger charge is -2.10. The third-order valence-corrected chi connectivity index (χ3v) is 4.12. The molecule has 1 aromatic carbocycles. The maximum absolute atomic E-state index is 9.55. The minimum Gasteiger partial charge on any atom is -0.439 e. The number of aromatic nitrogens is 1. The summed E-state index contributed by atoms with van der Waals surface area (Å²) in [6.07, 6.45) is 1.11. The van der Waals surface area contributed by atoms with Crippen molar-refractivity contribution < 1.29 is 9.84 Å². The van der Waals surface area contributed by atoms with Gasteiger partial charge in [0, 0.05) is 16.7 Å². The highest BCUT2D eigenvalue weighted by Gasteiger charge is 2.07. The van der Waals surface area contributed by atoms with Gasteiger partial charge in [-0.2, -0.15) is 0 Å². The summed E-state index contributed by atoms with van der Waals surface area (Å²) in [7, 11) is 0. The van der Waals surface area contributed by atoms with Crippen molar-refractivity contribution in [3.8, 4) is 11.6 Å². The smallest absolute Gasteiger partial charge is 0.219 e. The highest BCUT2D eigenvalue weighted by molar-refractivity contribution is 9.10. The molecule has 0 saturated carbocycles. The first-order valence-corrected chi connectivity index (χ1v) is 6.85. The number of benzene rings is 1. The van der Waals surface area contributed by atoms with Gasteiger partial charge in [-0.05, 0) is 55.7 Å². The van der Waals surface area contributed by atoms with Gasteiger partial charge in [-0.3, -0.25) is 0 Å². The average Bonchev–Trinajstić information content (AvgIpc) is 2.36. The van der Waals surface area contributed by atoms with E-state index in [4.69, 9.17) is 4.74 Å². The molecule has 3 nitrogen and oxygen atoms in total. The number of rotatable bonds is 3. The number of hydrogen-bond donors (Lipinski definition) is 1. The molecule has 2 aromatic rings. The molecule has 4 heteroatoms. The number of pyridine rings is 1. The zero-order valence-electron chi connectivity index (χ0n) is 11.1. The van der Waals surface area contributed by atoms with Gasteiger partial charge in [0.05, 0.1) is 6.10 Å². The summed E-state index contributed by atoms with van der Waals surface area (Å²) in [5, 5.41) is 9.55. The summed E-state index contributed by atoms with van der Waals surface area (Å²) in [5.41, 5.74) is 3.01. The van der Waals surface area contributed by atoms with Crippen molar-refractivity contribution in [1.82, 2.24) is 4.98 Å². The molecule has 1 aromatic heterocycles. The number of halogens is 1. The molecule has 0 radical (unpaired) electrons. The van der Waals surface area contributed by atoms with Gasteiger partial charge in [0.2, 0.25) is 5.88 Å². The molecule has 19 heavy (non-hydrogen) atoms. The highest BCUT2D eigenvalue weighted by atomic mass is 79.9. The summed E-state index contributed by atoms with van der Waals surface area (Å²) in [6.45, 7) is 5.75. The maximum Gasteiger partial charge on any atom is 0.219 e. The molecule has 0 fully saturated rings. The molecule has 1 heterocycles. The predicted octanol–water partition coefficient (Wildman–Crippen LogP) is 4.31. The van der Waals surface area contributed by atoms with Crippen LogP contribution in [0, 0.1) is 13.8 Å². The van der Waals surface area contributed by atoms with Crippen molar-refractivity contribution in [3.63, 3.8) is 0 Å². The van der Waals surface area contributed by atoms with E-state index < -0.39 is 6.10 Å². The Morgan fingerprint density at radius 3 is 2.42 bits per heavy atom.